The van der Waals surface area contributed by atoms with Crippen LogP contribution in [-0.2, 0) is 9.59 Å². The summed E-state index contributed by atoms with van der Waals surface area (Å²) in [6.07, 6.45) is -0.244. The molecule has 0 amide bonds. The van der Waals surface area contributed by atoms with E-state index in [2.05, 4.69) is 30.2 Å². The molecule has 0 saturated carbocycles. The van der Waals surface area contributed by atoms with Gasteiger partial charge in [0.25, 0.3) is 0 Å². The van der Waals surface area contributed by atoms with Gasteiger partial charge in [-0.3, -0.25) is 4.79 Å². The molecule has 74 valence electrons. The summed E-state index contributed by atoms with van der Waals surface area (Å²) in [7, 11) is 0. The monoisotopic (exact) mass is 223 g/mol. The number of hydrogen-bond donors (Lipinski definition) is 4. The normalized spacial score (nSPS) is 11.8. The number of aliphatic carboxylic acids is 2. The van der Waals surface area contributed by atoms with Crippen LogP contribution < -0.4 is 5.32 Å². The molecule has 0 heterocycles. The molecule has 0 spiro atoms. The van der Waals surface area contributed by atoms with Crippen molar-refractivity contribution in [3.05, 3.63) is 0 Å². The second kappa shape index (κ2) is 5.76. The van der Waals surface area contributed by atoms with Crippen molar-refractivity contribution in [1.82, 2.24) is 5.32 Å². The molecule has 0 rings (SSSR count). The molecule has 1 atom stereocenters. The predicted molar refractivity (Wildman–Crippen MR) is 53.0 cm³/mol. The number of carboxylic acid groups (broad SMARTS) is 2. The minimum absolute atomic E-state index is 0.0225. The highest BCUT2D eigenvalue weighted by Crippen LogP contribution is 1.99. The third kappa shape index (κ3) is 6.35. The first-order chi connectivity index (χ1) is 5.93. The number of thiocarbonyl (C=S) groups is 1. The molecule has 0 aliphatic heterocycles. The molecule has 0 aliphatic rings. The Labute approximate surface area is 85.5 Å². The van der Waals surface area contributed by atoms with E-state index in [1.54, 1.807) is 0 Å². The van der Waals surface area contributed by atoms with Crippen molar-refractivity contribution in [3.63, 3.8) is 0 Å². The maximum absolute atomic E-state index is 10.5. The molecule has 0 aromatic rings. The maximum Gasteiger partial charge on any atom is 0.326 e. The standard InChI is InChI=1S/C6H9NO4S2/c8-4(9)2-1-3(5(10)11)7-6(12)13/h3H,1-2H2,(H,8,9)(H,10,11)(H2,7,12,13)/t3-/m0/s1. The Morgan fingerprint density at radius 3 is 2.31 bits per heavy atom. The minimum atomic E-state index is -1.14. The molecule has 0 saturated heterocycles. The van der Waals surface area contributed by atoms with Crippen LogP contribution in [-0.4, -0.2) is 32.5 Å². The van der Waals surface area contributed by atoms with Gasteiger partial charge in [-0.15, -0.1) is 12.6 Å². The highest BCUT2D eigenvalue weighted by atomic mass is 32.1. The van der Waals surface area contributed by atoms with E-state index in [9.17, 15) is 9.59 Å². The molecular formula is C6H9NO4S2. The summed E-state index contributed by atoms with van der Waals surface area (Å²) in [4.78, 5) is 20.6. The zero-order chi connectivity index (χ0) is 10.4. The molecule has 0 aromatic heterocycles. The molecule has 0 unspecified atom stereocenters. The van der Waals surface area contributed by atoms with Gasteiger partial charge in [0.2, 0.25) is 0 Å². The van der Waals surface area contributed by atoms with Gasteiger partial charge in [-0.05, 0) is 6.42 Å². The van der Waals surface area contributed by atoms with Crippen molar-refractivity contribution in [3.8, 4) is 0 Å². The first kappa shape index (κ1) is 12.2. The molecular weight excluding hydrogens is 214 g/mol. The number of hydrogen-bond acceptors (Lipinski definition) is 3. The van der Waals surface area contributed by atoms with E-state index in [0.717, 1.165) is 0 Å². The SMILES string of the molecule is O=C(O)CC[C@H](NC(=S)S)C(=O)O. The largest absolute Gasteiger partial charge is 0.481 e. The average molecular weight is 223 g/mol. The van der Waals surface area contributed by atoms with Gasteiger partial charge in [0.1, 0.15) is 10.4 Å². The van der Waals surface area contributed by atoms with Crippen LogP contribution in [0.4, 0.5) is 0 Å². The van der Waals surface area contributed by atoms with Crippen molar-refractivity contribution < 1.29 is 19.8 Å². The van der Waals surface area contributed by atoms with E-state index in [1.165, 1.54) is 0 Å². The van der Waals surface area contributed by atoms with Crippen LogP contribution in [0.3, 0.4) is 0 Å². The summed E-state index contributed by atoms with van der Waals surface area (Å²) in [6, 6.07) is -0.985. The van der Waals surface area contributed by atoms with Crippen LogP contribution in [0.15, 0.2) is 0 Å². The number of carbonyl (C=O) groups is 2. The van der Waals surface area contributed by atoms with Crippen LogP contribution in [0.1, 0.15) is 12.8 Å². The highest BCUT2D eigenvalue weighted by molar-refractivity contribution is 8.11. The third-order valence-corrected chi connectivity index (χ3v) is 1.49. The second-order valence-electron chi connectivity index (χ2n) is 2.27. The molecule has 0 aromatic carbocycles. The van der Waals surface area contributed by atoms with Crippen molar-refractivity contribution in [1.29, 1.82) is 0 Å². The van der Waals surface area contributed by atoms with Crippen molar-refractivity contribution in [2.75, 3.05) is 0 Å². The summed E-state index contributed by atoms with van der Waals surface area (Å²) in [6.45, 7) is 0. The van der Waals surface area contributed by atoms with Gasteiger partial charge in [-0.2, -0.15) is 0 Å². The van der Waals surface area contributed by atoms with E-state index in [-0.39, 0.29) is 17.2 Å². The molecule has 0 fully saturated rings. The molecule has 0 radical (unpaired) electrons. The van der Waals surface area contributed by atoms with E-state index < -0.39 is 18.0 Å². The number of nitrogens with one attached hydrogen (secondary N) is 1. The Morgan fingerprint density at radius 1 is 1.46 bits per heavy atom. The Balaban J connectivity index is 4.02. The lowest BCUT2D eigenvalue weighted by Crippen LogP contribution is -2.38. The lowest BCUT2D eigenvalue weighted by Gasteiger charge is -2.12. The smallest absolute Gasteiger partial charge is 0.326 e. The first-order valence-electron chi connectivity index (χ1n) is 3.37. The Kier molecular flexibility index (Phi) is 5.40. The van der Waals surface area contributed by atoms with E-state index >= 15 is 0 Å². The predicted octanol–water partition coefficient (Wildman–Crippen LogP) is 0.109. The van der Waals surface area contributed by atoms with Gasteiger partial charge in [0.15, 0.2) is 0 Å². The van der Waals surface area contributed by atoms with Gasteiger partial charge in [0.05, 0.1) is 0 Å². The lowest BCUT2D eigenvalue weighted by molar-refractivity contribution is -0.140. The quantitative estimate of drug-likeness (QED) is 0.391. The second-order valence-corrected chi connectivity index (χ2v) is 3.43. The number of thiol groups is 1. The van der Waals surface area contributed by atoms with Gasteiger partial charge in [0, 0.05) is 6.42 Å². The van der Waals surface area contributed by atoms with Gasteiger partial charge in [-0.1, -0.05) is 12.2 Å². The molecule has 0 aliphatic carbocycles. The van der Waals surface area contributed by atoms with Gasteiger partial charge < -0.3 is 15.5 Å². The van der Waals surface area contributed by atoms with E-state index in [1.807, 2.05) is 0 Å². The van der Waals surface area contributed by atoms with Crippen LogP contribution in [0.5, 0.6) is 0 Å². The van der Waals surface area contributed by atoms with Crippen molar-refractivity contribution in [2.45, 2.75) is 18.9 Å². The summed E-state index contributed by atoms with van der Waals surface area (Å²) in [5.41, 5.74) is 0. The van der Waals surface area contributed by atoms with Crippen LogP contribution in [0, 0.1) is 0 Å². The molecule has 3 N–H and O–H groups in total. The Hall–Kier alpha value is -0.820. The first-order valence-corrected chi connectivity index (χ1v) is 4.23. The number of rotatable bonds is 5. The zero-order valence-corrected chi connectivity index (χ0v) is 8.27. The third-order valence-electron chi connectivity index (χ3n) is 1.24. The summed E-state index contributed by atoms with van der Waals surface area (Å²) >= 11 is 8.20. The fourth-order valence-electron chi connectivity index (χ4n) is 0.674. The summed E-state index contributed by atoms with van der Waals surface area (Å²) in [5.74, 6) is -2.18. The topological polar surface area (TPSA) is 86.6 Å². The Bertz CT molecular complexity index is 231. The van der Waals surface area contributed by atoms with Gasteiger partial charge in [-0.25, -0.2) is 4.79 Å². The van der Waals surface area contributed by atoms with Gasteiger partial charge >= 0.3 is 11.9 Å². The molecule has 0 bridgehead atoms. The van der Waals surface area contributed by atoms with E-state index in [4.69, 9.17) is 10.2 Å². The van der Waals surface area contributed by atoms with Crippen LogP contribution >= 0.6 is 24.8 Å². The van der Waals surface area contributed by atoms with Crippen molar-refractivity contribution in [2.24, 2.45) is 0 Å². The summed E-state index contributed by atoms with van der Waals surface area (Å²) in [5, 5.41) is 19.3. The average Bonchev–Trinajstić information content (AvgIpc) is 1.96. The maximum atomic E-state index is 10.5. The minimum Gasteiger partial charge on any atom is -0.481 e. The number of carboxylic acids is 2. The molecule has 5 nitrogen and oxygen atoms in total. The Morgan fingerprint density at radius 2 is 2.00 bits per heavy atom. The summed E-state index contributed by atoms with van der Waals surface area (Å²) < 4.78 is 0.0396. The van der Waals surface area contributed by atoms with Crippen LogP contribution in [0.2, 0.25) is 0 Å². The highest BCUT2D eigenvalue weighted by Gasteiger charge is 2.18. The zero-order valence-electron chi connectivity index (χ0n) is 6.56. The fourth-order valence-corrected chi connectivity index (χ4v) is 0.972. The lowest BCUT2D eigenvalue weighted by atomic mass is 10.1. The molecule has 13 heavy (non-hydrogen) atoms. The molecule has 7 heteroatoms. The van der Waals surface area contributed by atoms with E-state index in [0.29, 0.717) is 0 Å². The van der Waals surface area contributed by atoms with Crippen molar-refractivity contribution >= 4 is 41.1 Å². The fraction of sp³-hybridized carbons (Fsp3) is 0.500. The van der Waals surface area contributed by atoms with Crippen LogP contribution in [0.25, 0.3) is 0 Å².